The van der Waals surface area contributed by atoms with E-state index in [0.717, 1.165) is 24.1 Å². The average Bonchev–Trinajstić information content (AvgIpc) is 3.16. The van der Waals surface area contributed by atoms with Gasteiger partial charge in [0.25, 0.3) is 0 Å². The van der Waals surface area contributed by atoms with Gasteiger partial charge in [-0.3, -0.25) is 0 Å². The van der Waals surface area contributed by atoms with Crippen LogP contribution in [0.25, 0.3) is 0 Å². The molecule has 1 heterocycles. The Balaban J connectivity index is 1.54. The zero-order valence-corrected chi connectivity index (χ0v) is 18.5. The van der Waals surface area contributed by atoms with E-state index in [-0.39, 0.29) is 28.6 Å². The quantitative estimate of drug-likeness (QED) is 0.519. The van der Waals surface area contributed by atoms with E-state index in [1.165, 1.54) is 13.0 Å². The largest absolute Gasteiger partial charge is 0.446 e. The fraction of sp³-hybridized carbons (Fsp3) is 0.450. The number of benzene rings is 1. The lowest BCUT2D eigenvalue weighted by Crippen LogP contribution is -2.36. The number of sulfonamides is 1. The van der Waals surface area contributed by atoms with E-state index >= 15 is 0 Å². The molecule has 1 aliphatic carbocycles. The van der Waals surface area contributed by atoms with Gasteiger partial charge in [-0.1, -0.05) is 0 Å². The third-order valence-electron chi connectivity index (χ3n) is 5.21. The van der Waals surface area contributed by atoms with Crippen LogP contribution in [0.15, 0.2) is 35.5 Å². The number of aromatic nitrogens is 2. The van der Waals surface area contributed by atoms with Crippen molar-refractivity contribution in [2.24, 2.45) is 5.14 Å². The molecule has 180 valence electrons. The standard InChI is InChI=1S/C20H24F3N5O4S/c1-11(6-18(22)23)27-20(29)32-14-3-2-12(7-14)13-9-25-19(26-10-13)28-17-5-4-15(8-16(17)21)33(24,30)31/h4-5,8-12,14,18H,2-3,6-7H2,1H3,(H,27,29)(H2,24,30,31)(H,25,26,28)/t11?,12-,14+/m1/s1. The molecular formula is C20H24F3N5O4S. The van der Waals surface area contributed by atoms with Gasteiger partial charge in [0.05, 0.1) is 10.6 Å². The minimum absolute atomic E-state index is 0.0171. The summed E-state index contributed by atoms with van der Waals surface area (Å²) in [6.07, 6.45) is 1.00. The average molecular weight is 488 g/mol. The van der Waals surface area contributed by atoms with Gasteiger partial charge in [-0.15, -0.1) is 0 Å². The van der Waals surface area contributed by atoms with Crippen molar-refractivity contribution in [3.8, 4) is 0 Å². The maximum Gasteiger partial charge on any atom is 0.407 e. The number of hydrogen-bond acceptors (Lipinski definition) is 7. The third-order valence-corrected chi connectivity index (χ3v) is 6.12. The van der Waals surface area contributed by atoms with Crippen LogP contribution < -0.4 is 15.8 Å². The lowest BCUT2D eigenvalue weighted by atomic mass is 10.0. The van der Waals surface area contributed by atoms with Crippen LogP contribution in [0.4, 0.5) is 29.6 Å². The van der Waals surface area contributed by atoms with Crippen molar-refractivity contribution >= 4 is 27.8 Å². The van der Waals surface area contributed by atoms with Gasteiger partial charge in [0.2, 0.25) is 22.4 Å². The van der Waals surface area contributed by atoms with Gasteiger partial charge < -0.3 is 15.4 Å². The molecule has 2 aromatic rings. The first-order valence-corrected chi connectivity index (χ1v) is 11.7. The van der Waals surface area contributed by atoms with Crippen LogP contribution in [0.3, 0.4) is 0 Å². The summed E-state index contributed by atoms with van der Waals surface area (Å²) in [4.78, 5) is 19.8. The van der Waals surface area contributed by atoms with E-state index in [1.807, 2.05) is 0 Å². The van der Waals surface area contributed by atoms with Crippen LogP contribution in [-0.2, 0) is 14.8 Å². The predicted octanol–water partition coefficient (Wildman–Crippen LogP) is 3.41. The molecule has 1 unspecified atom stereocenters. The molecule has 3 rings (SSSR count). The second-order valence-corrected chi connectivity index (χ2v) is 9.42. The van der Waals surface area contributed by atoms with Gasteiger partial charge in [-0.2, -0.15) is 0 Å². The van der Waals surface area contributed by atoms with Crippen LogP contribution in [0.2, 0.25) is 0 Å². The fourth-order valence-electron chi connectivity index (χ4n) is 3.57. The van der Waals surface area contributed by atoms with Crippen molar-refractivity contribution in [3.05, 3.63) is 42.0 Å². The number of anilines is 2. The Kier molecular flexibility index (Phi) is 7.74. The summed E-state index contributed by atoms with van der Waals surface area (Å²) in [5, 5.41) is 10.0. The molecule has 1 amide bonds. The number of alkyl halides is 2. The first-order valence-electron chi connectivity index (χ1n) is 10.2. The Morgan fingerprint density at radius 3 is 2.58 bits per heavy atom. The molecule has 0 radical (unpaired) electrons. The van der Waals surface area contributed by atoms with Crippen molar-refractivity contribution in [2.75, 3.05) is 5.32 Å². The van der Waals surface area contributed by atoms with Crippen molar-refractivity contribution in [1.82, 2.24) is 15.3 Å². The molecule has 4 N–H and O–H groups in total. The highest BCUT2D eigenvalue weighted by atomic mass is 32.2. The number of nitrogens with one attached hydrogen (secondary N) is 2. The highest BCUT2D eigenvalue weighted by molar-refractivity contribution is 7.89. The molecule has 1 saturated carbocycles. The van der Waals surface area contributed by atoms with Crippen LogP contribution in [0, 0.1) is 5.82 Å². The van der Waals surface area contributed by atoms with Crippen molar-refractivity contribution in [2.45, 2.75) is 62.0 Å². The zero-order valence-electron chi connectivity index (χ0n) is 17.7. The first-order chi connectivity index (χ1) is 15.5. The van der Waals surface area contributed by atoms with Gasteiger partial charge in [0.1, 0.15) is 11.9 Å². The van der Waals surface area contributed by atoms with Gasteiger partial charge in [0.15, 0.2) is 0 Å². The molecule has 1 aliphatic rings. The smallest absolute Gasteiger partial charge is 0.407 e. The monoisotopic (exact) mass is 487 g/mol. The number of hydrogen-bond donors (Lipinski definition) is 3. The second-order valence-electron chi connectivity index (χ2n) is 7.86. The Labute approximate surface area is 189 Å². The number of carbonyl (C=O) groups is 1. The third kappa shape index (κ3) is 7.02. The number of primary sulfonamides is 1. The van der Waals surface area contributed by atoms with E-state index in [4.69, 9.17) is 9.88 Å². The summed E-state index contributed by atoms with van der Waals surface area (Å²) in [6, 6.07) is 2.50. The normalized spacial score (nSPS) is 19.3. The zero-order chi connectivity index (χ0) is 24.2. The highest BCUT2D eigenvalue weighted by Crippen LogP contribution is 2.35. The molecule has 0 bridgehead atoms. The van der Waals surface area contributed by atoms with E-state index in [2.05, 4.69) is 20.6 Å². The molecule has 9 nitrogen and oxygen atoms in total. The van der Waals surface area contributed by atoms with Crippen LogP contribution >= 0.6 is 0 Å². The summed E-state index contributed by atoms with van der Waals surface area (Å²) in [5.74, 6) is -0.675. The predicted molar refractivity (Wildman–Crippen MR) is 113 cm³/mol. The molecule has 1 fully saturated rings. The molecule has 33 heavy (non-hydrogen) atoms. The maximum absolute atomic E-state index is 14.2. The highest BCUT2D eigenvalue weighted by Gasteiger charge is 2.29. The minimum atomic E-state index is -4.02. The van der Waals surface area contributed by atoms with Crippen LogP contribution in [-0.4, -0.2) is 43.1 Å². The lowest BCUT2D eigenvalue weighted by Gasteiger charge is -2.17. The molecule has 0 spiro atoms. The molecular weight excluding hydrogens is 463 g/mol. The summed E-state index contributed by atoms with van der Waals surface area (Å²) < 4.78 is 66.8. The summed E-state index contributed by atoms with van der Waals surface area (Å²) in [6.45, 7) is 1.48. The molecule has 0 aliphatic heterocycles. The van der Waals surface area contributed by atoms with Crippen LogP contribution in [0.5, 0.6) is 0 Å². The Hall–Kier alpha value is -2.93. The van der Waals surface area contributed by atoms with E-state index < -0.39 is 40.8 Å². The maximum atomic E-state index is 14.2. The Morgan fingerprint density at radius 2 is 1.97 bits per heavy atom. The fourth-order valence-corrected chi connectivity index (χ4v) is 4.10. The van der Waals surface area contributed by atoms with Crippen molar-refractivity contribution in [3.63, 3.8) is 0 Å². The van der Waals surface area contributed by atoms with E-state index in [9.17, 15) is 26.4 Å². The van der Waals surface area contributed by atoms with Gasteiger partial charge in [0, 0.05) is 24.9 Å². The number of nitrogens with two attached hydrogens (primary N) is 1. The molecule has 3 atom stereocenters. The lowest BCUT2D eigenvalue weighted by molar-refractivity contribution is 0.0895. The number of alkyl carbamates (subject to hydrolysis) is 1. The Morgan fingerprint density at radius 1 is 1.27 bits per heavy atom. The molecule has 1 aromatic carbocycles. The first kappa shape index (κ1) is 24.7. The SMILES string of the molecule is CC(CC(F)F)NC(=O)O[C@H]1CC[C@@H](c2cnc(Nc3ccc(S(N)(=O)=O)cc3F)nc2)C1. The molecule has 0 saturated heterocycles. The van der Waals surface area contributed by atoms with Gasteiger partial charge in [-0.25, -0.2) is 41.5 Å². The minimum Gasteiger partial charge on any atom is -0.446 e. The topological polar surface area (TPSA) is 136 Å². The Bertz CT molecular complexity index is 1090. The van der Waals surface area contributed by atoms with E-state index in [1.54, 1.807) is 12.4 Å². The number of rotatable bonds is 8. The number of amides is 1. The van der Waals surface area contributed by atoms with Crippen molar-refractivity contribution in [1.29, 1.82) is 0 Å². The van der Waals surface area contributed by atoms with Gasteiger partial charge in [-0.05, 0) is 55.9 Å². The van der Waals surface area contributed by atoms with Crippen molar-refractivity contribution < 1.29 is 31.1 Å². The molecule has 13 heteroatoms. The summed E-state index contributed by atoms with van der Waals surface area (Å²) >= 11 is 0. The summed E-state index contributed by atoms with van der Waals surface area (Å²) in [7, 11) is -4.02. The number of halogens is 3. The summed E-state index contributed by atoms with van der Waals surface area (Å²) in [5.41, 5.74) is 0.791. The van der Waals surface area contributed by atoms with E-state index in [0.29, 0.717) is 12.8 Å². The number of nitrogens with zero attached hydrogens (tertiary/aromatic N) is 2. The number of carbonyl (C=O) groups excluding carboxylic acids is 1. The molecule has 1 aromatic heterocycles. The van der Waals surface area contributed by atoms with Gasteiger partial charge >= 0.3 is 6.09 Å². The van der Waals surface area contributed by atoms with Crippen LogP contribution in [0.1, 0.15) is 44.1 Å². The second kappa shape index (κ2) is 10.3. The number of ether oxygens (including phenoxy) is 1.